The van der Waals surface area contributed by atoms with Gasteiger partial charge in [-0.15, -0.1) is 0 Å². The van der Waals surface area contributed by atoms with Crippen molar-refractivity contribution in [3.05, 3.63) is 11.7 Å². The summed E-state index contributed by atoms with van der Waals surface area (Å²) in [5.74, 6) is 3.47. The van der Waals surface area contributed by atoms with Crippen LogP contribution in [0.2, 0.25) is 0 Å². The molecule has 2 saturated carbocycles. The highest BCUT2D eigenvalue weighted by Gasteiger charge is 2.47. The summed E-state index contributed by atoms with van der Waals surface area (Å²) in [5, 5.41) is 12.5. The van der Waals surface area contributed by atoms with Crippen LogP contribution in [0.5, 0.6) is 0 Å². The molecule has 2 fully saturated rings. The lowest BCUT2D eigenvalue weighted by Crippen LogP contribution is -1.96. The van der Waals surface area contributed by atoms with Gasteiger partial charge in [0.05, 0.1) is 0 Å². The summed E-state index contributed by atoms with van der Waals surface area (Å²) in [7, 11) is 0. The van der Waals surface area contributed by atoms with Crippen LogP contribution >= 0.6 is 0 Å². The molecule has 2 aliphatic rings. The molecule has 2 atom stereocenters. The van der Waals surface area contributed by atoms with Crippen LogP contribution in [0.3, 0.4) is 0 Å². The number of hydrogen-bond donors (Lipinski definition) is 1. The highest BCUT2D eigenvalue weighted by Crippen LogP contribution is 2.57. The molecular weight excluding hydrogens is 168 g/mol. The van der Waals surface area contributed by atoms with Crippen LogP contribution in [0, 0.1) is 11.8 Å². The number of nitrogens with zero attached hydrogens (tertiary/aromatic N) is 2. The maximum atomic E-state index is 8.77. The Morgan fingerprint density at radius 3 is 2.69 bits per heavy atom. The summed E-state index contributed by atoms with van der Waals surface area (Å²) in [6, 6.07) is 0. The molecule has 0 aliphatic heterocycles. The fraction of sp³-hybridized carbons (Fsp3) is 0.778. The van der Waals surface area contributed by atoms with Gasteiger partial charge < -0.3 is 9.63 Å². The molecule has 0 radical (unpaired) electrons. The molecule has 2 aliphatic carbocycles. The van der Waals surface area contributed by atoms with E-state index in [2.05, 4.69) is 10.1 Å². The van der Waals surface area contributed by atoms with Crippen molar-refractivity contribution in [2.24, 2.45) is 11.8 Å². The third kappa shape index (κ3) is 1.16. The van der Waals surface area contributed by atoms with Gasteiger partial charge >= 0.3 is 0 Å². The van der Waals surface area contributed by atoms with Crippen molar-refractivity contribution in [3.63, 3.8) is 0 Å². The van der Waals surface area contributed by atoms with E-state index in [1.54, 1.807) is 0 Å². The van der Waals surface area contributed by atoms with Gasteiger partial charge in [0, 0.05) is 5.92 Å². The second kappa shape index (κ2) is 2.54. The van der Waals surface area contributed by atoms with Gasteiger partial charge in [0.15, 0.2) is 5.82 Å². The molecule has 1 heterocycles. The molecule has 0 aromatic carbocycles. The Bertz CT molecular complexity index is 313. The van der Waals surface area contributed by atoms with Gasteiger partial charge in [-0.05, 0) is 31.1 Å². The molecular formula is C9H12N2O2. The van der Waals surface area contributed by atoms with E-state index in [9.17, 15) is 0 Å². The van der Waals surface area contributed by atoms with Crippen LogP contribution in [-0.4, -0.2) is 15.2 Å². The summed E-state index contributed by atoms with van der Waals surface area (Å²) >= 11 is 0. The average Bonchev–Trinajstić information content (AvgIpc) is 2.67. The van der Waals surface area contributed by atoms with Crippen molar-refractivity contribution >= 4 is 0 Å². The fourth-order valence-corrected chi connectivity index (χ4v) is 2.41. The van der Waals surface area contributed by atoms with Gasteiger partial charge in [-0.25, -0.2) is 0 Å². The third-order valence-corrected chi connectivity index (χ3v) is 3.22. The predicted octanol–water partition coefficient (Wildman–Crippen LogP) is 1.08. The first-order chi connectivity index (χ1) is 6.36. The maximum Gasteiger partial charge on any atom is 0.229 e. The standard InChI is InChI=1S/C9H12N2O2/c12-4-8-10-9(13-11-8)7-2-5-1-6(5)3-7/h5-7,12H,1-4H2. The zero-order chi connectivity index (χ0) is 8.84. The molecule has 0 spiro atoms. The lowest BCUT2D eigenvalue weighted by molar-refractivity contribution is 0.261. The normalized spacial score (nSPS) is 36.2. The van der Waals surface area contributed by atoms with Crippen LogP contribution in [0.1, 0.15) is 36.9 Å². The number of aliphatic hydroxyl groups is 1. The smallest absolute Gasteiger partial charge is 0.229 e. The molecule has 3 rings (SSSR count). The Hall–Kier alpha value is -0.900. The molecule has 4 heteroatoms. The van der Waals surface area contributed by atoms with Gasteiger partial charge in [0.1, 0.15) is 6.61 Å². The quantitative estimate of drug-likeness (QED) is 0.739. The highest BCUT2D eigenvalue weighted by molar-refractivity contribution is 5.06. The van der Waals surface area contributed by atoms with Crippen LogP contribution in [-0.2, 0) is 6.61 Å². The highest BCUT2D eigenvalue weighted by atomic mass is 16.5. The van der Waals surface area contributed by atoms with E-state index in [0.717, 1.165) is 17.7 Å². The first-order valence-electron chi connectivity index (χ1n) is 4.80. The van der Waals surface area contributed by atoms with Crippen molar-refractivity contribution < 1.29 is 9.63 Å². The topological polar surface area (TPSA) is 59.2 Å². The van der Waals surface area contributed by atoms with Crippen LogP contribution < -0.4 is 0 Å². The monoisotopic (exact) mass is 180 g/mol. The van der Waals surface area contributed by atoms with E-state index in [0.29, 0.717) is 11.7 Å². The molecule has 1 aromatic rings. The fourth-order valence-electron chi connectivity index (χ4n) is 2.41. The van der Waals surface area contributed by atoms with E-state index in [-0.39, 0.29) is 6.61 Å². The molecule has 2 unspecified atom stereocenters. The molecule has 0 saturated heterocycles. The van der Waals surface area contributed by atoms with E-state index in [1.807, 2.05) is 0 Å². The lowest BCUT2D eigenvalue weighted by Gasteiger charge is -2.03. The summed E-state index contributed by atoms with van der Waals surface area (Å²) in [6.07, 6.45) is 3.81. The van der Waals surface area contributed by atoms with Crippen molar-refractivity contribution in [2.75, 3.05) is 0 Å². The SMILES string of the molecule is OCc1noc(C2CC3CC3C2)n1. The first-order valence-corrected chi connectivity index (χ1v) is 4.80. The minimum atomic E-state index is -0.122. The summed E-state index contributed by atoms with van der Waals surface area (Å²) in [5.41, 5.74) is 0. The summed E-state index contributed by atoms with van der Waals surface area (Å²) in [4.78, 5) is 4.14. The minimum absolute atomic E-state index is 0.122. The van der Waals surface area contributed by atoms with Gasteiger partial charge in [-0.2, -0.15) is 4.98 Å². The molecule has 1 aromatic heterocycles. The average molecular weight is 180 g/mol. The van der Waals surface area contributed by atoms with E-state index in [1.165, 1.54) is 19.3 Å². The molecule has 1 N–H and O–H groups in total. The van der Waals surface area contributed by atoms with Gasteiger partial charge in [0.2, 0.25) is 5.89 Å². The maximum absolute atomic E-state index is 8.77. The number of fused-ring (bicyclic) bond motifs is 1. The molecule has 13 heavy (non-hydrogen) atoms. The zero-order valence-electron chi connectivity index (χ0n) is 7.31. The van der Waals surface area contributed by atoms with E-state index < -0.39 is 0 Å². The number of aliphatic hydroxyl groups excluding tert-OH is 1. The Morgan fingerprint density at radius 1 is 1.31 bits per heavy atom. The first kappa shape index (κ1) is 7.50. The van der Waals surface area contributed by atoms with Gasteiger partial charge in [0.25, 0.3) is 0 Å². The Labute approximate surface area is 76.0 Å². The predicted molar refractivity (Wildman–Crippen MR) is 43.8 cm³/mol. The summed E-state index contributed by atoms with van der Waals surface area (Å²) < 4.78 is 5.09. The minimum Gasteiger partial charge on any atom is -0.388 e. The number of hydrogen-bond acceptors (Lipinski definition) is 4. The Morgan fingerprint density at radius 2 is 2.08 bits per heavy atom. The second-order valence-electron chi connectivity index (χ2n) is 4.13. The summed E-state index contributed by atoms with van der Waals surface area (Å²) in [6.45, 7) is -0.122. The number of aromatic nitrogens is 2. The zero-order valence-corrected chi connectivity index (χ0v) is 7.31. The Balaban J connectivity index is 1.77. The van der Waals surface area contributed by atoms with E-state index >= 15 is 0 Å². The van der Waals surface area contributed by atoms with E-state index in [4.69, 9.17) is 9.63 Å². The molecule has 4 nitrogen and oxygen atoms in total. The van der Waals surface area contributed by atoms with Crippen LogP contribution in [0.15, 0.2) is 4.52 Å². The van der Waals surface area contributed by atoms with Crippen molar-refractivity contribution in [3.8, 4) is 0 Å². The van der Waals surface area contributed by atoms with Crippen LogP contribution in [0.4, 0.5) is 0 Å². The van der Waals surface area contributed by atoms with Crippen molar-refractivity contribution in [2.45, 2.75) is 31.8 Å². The van der Waals surface area contributed by atoms with Gasteiger partial charge in [-0.3, -0.25) is 0 Å². The largest absolute Gasteiger partial charge is 0.388 e. The molecule has 0 bridgehead atoms. The van der Waals surface area contributed by atoms with Gasteiger partial charge in [-0.1, -0.05) is 5.16 Å². The Kier molecular flexibility index (Phi) is 1.47. The molecule has 0 amide bonds. The van der Waals surface area contributed by atoms with Crippen molar-refractivity contribution in [1.29, 1.82) is 0 Å². The lowest BCUT2D eigenvalue weighted by atomic mass is 10.0. The second-order valence-corrected chi connectivity index (χ2v) is 4.13. The van der Waals surface area contributed by atoms with Crippen molar-refractivity contribution in [1.82, 2.24) is 10.1 Å². The molecule has 70 valence electrons. The van der Waals surface area contributed by atoms with Crippen LogP contribution in [0.25, 0.3) is 0 Å². The third-order valence-electron chi connectivity index (χ3n) is 3.22. The number of rotatable bonds is 2.